The smallest absolute Gasteiger partial charge is 0.425 e. The van der Waals surface area contributed by atoms with Crippen LogP contribution >= 0.6 is 0 Å². The number of benzene rings is 2. The summed E-state index contributed by atoms with van der Waals surface area (Å²) in [6.45, 7) is 12.9. The molecule has 3 aromatic rings. The highest BCUT2D eigenvalue weighted by atomic mass is 16.6. The molecule has 7 amide bonds. The fourth-order valence-corrected chi connectivity index (χ4v) is 5.58. The Balaban J connectivity index is 1.72. The molecule has 0 saturated carbocycles. The van der Waals surface area contributed by atoms with E-state index in [9.17, 15) is 28.8 Å². The standard InChI is InChI=1S/C39H48N6O9/c1-24(27-16-12-10-13-17-27)41-34(48)43(30-31(33(47)52-9)45(32(30)46)35(49)42-25(2)28-18-14-11-15-19-28)23-26-20-21-40-29(22-26)44(36(50)53-38(3,4)5)37(51)54-39(6,7)8/h10-22,24-25,30-31H,23H2,1-9H3,(H,41,48)(H,42,49)/t24-,25-,30?,31?/m1/s1. The highest BCUT2D eigenvalue weighted by molar-refractivity contribution is 6.11. The van der Waals surface area contributed by atoms with Crippen LogP contribution in [-0.4, -0.2) is 81.3 Å². The van der Waals surface area contributed by atoms with Gasteiger partial charge in [-0.05, 0) is 84.2 Å². The van der Waals surface area contributed by atoms with E-state index in [2.05, 4.69) is 15.6 Å². The van der Waals surface area contributed by atoms with Crippen molar-refractivity contribution in [1.29, 1.82) is 0 Å². The maximum Gasteiger partial charge on any atom is 0.425 e. The van der Waals surface area contributed by atoms with Gasteiger partial charge in [0, 0.05) is 12.7 Å². The van der Waals surface area contributed by atoms with E-state index in [1.807, 2.05) is 36.4 Å². The summed E-state index contributed by atoms with van der Waals surface area (Å²) in [6, 6.07) is 15.3. The largest absolute Gasteiger partial charge is 0.467 e. The first-order valence-electron chi connectivity index (χ1n) is 17.4. The number of methoxy groups -OCH3 is 1. The zero-order chi connectivity index (χ0) is 40.0. The highest BCUT2D eigenvalue weighted by Gasteiger charge is 2.59. The Morgan fingerprint density at radius 2 is 1.30 bits per heavy atom. The number of β-lactam (4-membered cyclic amide) rings is 1. The SMILES string of the molecule is COC(=O)C1C(N(Cc2ccnc(N(C(=O)OC(C)(C)C)C(=O)OC(C)(C)C)c2)C(=O)N[C@H](C)c2ccccc2)C(=O)N1C(=O)N[C@H](C)c1ccccc1. The first kappa shape index (κ1) is 40.8. The summed E-state index contributed by atoms with van der Waals surface area (Å²) in [7, 11) is 1.11. The van der Waals surface area contributed by atoms with Gasteiger partial charge in [-0.1, -0.05) is 60.7 Å². The van der Waals surface area contributed by atoms with Crippen molar-refractivity contribution < 1.29 is 43.0 Å². The summed E-state index contributed by atoms with van der Waals surface area (Å²) in [5, 5.41) is 5.62. The van der Waals surface area contributed by atoms with Crippen LogP contribution in [0.1, 0.15) is 84.2 Å². The lowest BCUT2D eigenvalue weighted by Gasteiger charge is -2.48. The zero-order valence-electron chi connectivity index (χ0n) is 32.0. The topological polar surface area (TPSA) is 177 Å². The third kappa shape index (κ3) is 10.1. The van der Waals surface area contributed by atoms with E-state index in [-0.39, 0.29) is 12.4 Å². The molecule has 1 aliphatic rings. The third-order valence-electron chi connectivity index (χ3n) is 8.15. The molecule has 0 radical (unpaired) electrons. The lowest BCUT2D eigenvalue weighted by atomic mass is 9.93. The number of amides is 7. The molecule has 1 fully saturated rings. The Hall–Kier alpha value is -5.99. The van der Waals surface area contributed by atoms with Crippen LogP contribution in [0.25, 0.3) is 0 Å². The van der Waals surface area contributed by atoms with Gasteiger partial charge < -0.3 is 29.7 Å². The molecule has 2 heterocycles. The van der Waals surface area contributed by atoms with Crippen molar-refractivity contribution in [3.63, 3.8) is 0 Å². The van der Waals surface area contributed by atoms with Crippen LogP contribution in [0, 0.1) is 0 Å². The van der Waals surface area contributed by atoms with E-state index in [0.29, 0.717) is 10.5 Å². The molecule has 0 spiro atoms. The molecule has 1 saturated heterocycles. The van der Waals surface area contributed by atoms with Crippen LogP contribution in [0.15, 0.2) is 79.0 Å². The normalized spacial score (nSPS) is 16.5. The number of esters is 1. The second kappa shape index (κ2) is 16.8. The molecule has 1 aliphatic heterocycles. The Labute approximate surface area is 314 Å². The van der Waals surface area contributed by atoms with Crippen molar-refractivity contribution >= 4 is 41.9 Å². The predicted octanol–water partition coefficient (Wildman–Crippen LogP) is 6.25. The number of likely N-dealkylation sites (tertiary alicyclic amines) is 1. The number of carbonyl (C=O) groups excluding carboxylic acids is 6. The number of rotatable bonds is 9. The number of urea groups is 2. The second-order valence-corrected chi connectivity index (χ2v) is 14.7. The molecule has 1 aromatic heterocycles. The van der Waals surface area contributed by atoms with E-state index >= 15 is 0 Å². The Bertz CT molecular complexity index is 1810. The minimum absolute atomic E-state index is 0.186. The van der Waals surface area contributed by atoms with Gasteiger partial charge in [0.15, 0.2) is 6.04 Å². The Morgan fingerprint density at radius 3 is 1.78 bits per heavy atom. The second-order valence-electron chi connectivity index (χ2n) is 14.7. The lowest BCUT2D eigenvalue weighted by molar-refractivity contribution is -0.168. The molecule has 4 rings (SSSR count). The van der Waals surface area contributed by atoms with Crippen molar-refractivity contribution in [2.75, 3.05) is 12.0 Å². The molecule has 4 atom stereocenters. The van der Waals surface area contributed by atoms with Crippen LogP contribution in [0.5, 0.6) is 0 Å². The number of ether oxygens (including phenoxy) is 3. The number of anilines is 1. The first-order chi connectivity index (χ1) is 25.3. The molecule has 2 unspecified atom stereocenters. The maximum atomic E-state index is 14.2. The van der Waals surface area contributed by atoms with Crippen molar-refractivity contribution in [3.8, 4) is 0 Å². The van der Waals surface area contributed by atoms with Gasteiger partial charge in [-0.3, -0.25) is 4.79 Å². The van der Waals surface area contributed by atoms with E-state index in [4.69, 9.17) is 14.2 Å². The van der Waals surface area contributed by atoms with E-state index in [1.54, 1.807) is 79.7 Å². The van der Waals surface area contributed by atoms with Crippen LogP contribution in [0.3, 0.4) is 0 Å². The van der Waals surface area contributed by atoms with Crippen molar-refractivity contribution in [1.82, 2.24) is 25.4 Å². The third-order valence-corrected chi connectivity index (χ3v) is 8.15. The minimum atomic E-state index is -1.51. The molecular formula is C39H48N6O9. The zero-order valence-corrected chi connectivity index (χ0v) is 32.0. The molecule has 288 valence electrons. The number of aromatic nitrogens is 1. The fourth-order valence-electron chi connectivity index (χ4n) is 5.58. The average molecular weight is 745 g/mol. The molecule has 54 heavy (non-hydrogen) atoms. The molecule has 0 bridgehead atoms. The molecular weight excluding hydrogens is 696 g/mol. The quantitative estimate of drug-likeness (QED) is 0.145. The van der Waals surface area contributed by atoms with E-state index in [1.165, 1.54) is 18.3 Å². The molecule has 15 heteroatoms. The monoisotopic (exact) mass is 744 g/mol. The number of hydrogen-bond donors (Lipinski definition) is 2. The fraction of sp³-hybridized carbons (Fsp3) is 0.410. The molecule has 2 N–H and O–H groups in total. The van der Waals surface area contributed by atoms with Crippen LogP contribution in [-0.2, 0) is 30.3 Å². The number of pyridine rings is 1. The van der Waals surface area contributed by atoms with Crippen LogP contribution < -0.4 is 15.5 Å². The van der Waals surface area contributed by atoms with Crippen molar-refractivity contribution in [2.24, 2.45) is 0 Å². The van der Waals surface area contributed by atoms with Gasteiger partial charge >= 0.3 is 30.2 Å². The number of hydrogen-bond acceptors (Lipinski definition) is 10. The lowest BCUT2D eigenvalue weighted by Crippen LogP contribution is -2.76. The molecule has 0 aliphatic carbocycles. The summed E-state index contributed by atoms with van der Waals surface area (Å²) >= 11 is 0. The first-order valence-corrected chi connectivity index (χ1v) is 17.4. The van der Waals surface area contributed by atoms with Gasteiger partial charge in [-0.15, -0.1) is 0 Å². The predicted molar refractivity (Wildman–Crippen MR) is 198 cm³/mol. The summed E-state index contributed by atoms with van der Waals surface area (Å²) in [5.74, 6) is -1.94. The number of carbonyl (C=O) groups is 6. The Morgan fingerprint density at radius 1 is 0.796 bits per heavy atom. The van der Waals surface area contributed by atoms with Gasteiger partial charge in [0.2, 0.25) is 0 Å². The minimum Gasteiger partial charge on any atom is -0.467 e. The number of nitrogens with one attached hydrogen (secondary N) is 2. The molecule has 2 aromatic carbocycles. The molecule has 15 nitrogen and oxygen atoms in total. The van der Waals surface area contributed by atoms with Crippen molar-refractivity contribution in [2.45, 2.75) is 97.3 Å². The summed E-state index contributed by atoms with van der Waals surface area (Å²) < 4.78 is 16.0. The number of nitrogens with zero attached hydrogens (tertiary/aromatic N) is 4. The van der Waals surface area contributed by atoms with Crippen LogP contribution in [0.4, 0.5) is 25.0 Å². The number of imide groups is 2. The average Bonchev–Trinajstić information content (AvgIpc) is 3.09. The van der Waals surface area contributed by atoms with Gasteiger partial charge in [0.05, 0.1) is 19.2 Å². The summed E-state index contributed by atoms with van der Waals surface area (Å²) in [5.41, 5.74) is -0.131. The van der Waals surface area contributed by atoms with E-state index < -0.39 is 71.5 Å². The van der Waals surface area contributed by atoms with Crippen molar-refractivity contribution in [3.05, 3.63) is 95.7 Å². The highest BCUT2D eigenvalue weighted by Crippen LogP contribution is 2.30. The summed E-state index contributed by atoms with van der Waals surface area (Å²) in [4.78, 5) is 88.4. The van der Waals surface area contributed by atoms with Crippen LogP contribution in [0.2, 0.25) is 0 Å². The van der Waals surface area contributed by atoms with E-state index in [0.717, 1.165) is 28.0 Å². The van der Waals surface area contributed by atoms with Gasteiger partial charge in [0.25, 0.3) is 5.91 Å². The van der Waals surface area contributed by atoms with Gasteiger partial charge in [0.1, 0.15) is 23.1 Å². The van der Waals surface area contributed by atoms with Gasteiger partial charge in [-0.2, -0.15) is 4.90 Å². The maximum absolute atomic E-state index is 14.2. The van der Waals surface area contributed by atoms with Gasteiger partial charge in [-0.25, -0.2) is 33.9 Å². The Kier molecular flexibility index (Phi) is 12.7. The summed E-state index contributed by atoms with van der Waals surface area (Å²) in [6.07, 6.45) is -0.807.